The summed E-state index contributed by atoms with van der Waals surface area (Å²) in [5.74, 6) is 0.0716. The van der Waals surface area contributed by atoms with Gasteiger partial charge >= 0.3 is 0 Å². The number of nitrogens with zero attached hydrogens (tertiary/aromatic N) is 2. The van der Waals surface area contributed by atoms with Gasteiger partial charge in [0, 0.05) is 18.5 Å². The average Bonchev–Trinajstić information content (AvgIpc) is 2.62. The zero-order chi connectivity index (χ0) is 19.2. The first-order valence-electron chi connectivity index (χ1n) is 9.57. The minimum Gasteiger partial charge on any atom is -0.331 e. The first-order chi connectivity index (χ1) is 12.8. The summed E-state index contributed by atoms with van der Waals surface area (Å²) in [5.41, 5.74) is 4.53. The van der Waals surface area contributed by atoms with Crippen molar-refractivity contribution in [1.29, 1.82) is 0 Å². The topological polar surface area (TPSA) is 40.6 Å². The lowest BCUT2D eigenvalue weighted by atomic mass is 9.75. The molecular weight excluding hydrogens is 336 g/mol. The lowest BCUT2D eigenvalue weighted by Crippen LogP contribution is -2.58. The zero-order valence-corrected chi connectivity index (χ0v) is 16.2. The molecule has 0 aliphatic carbocycles. The fraction of sp³-hybridized carbons (Fsp3) is 0.391. The highest BCUT2D eigenvalue weighted by atomic mass is 16.2. The quantitative estimate of drug-likeness (QED) is 0.823. The van der Waals surface area contributed by atoms with E-state index in [1.54, 1.807) is 4.90 Å². The van der Waals surface area contributed by atoms with Gasteiger partial charge in [0.15, 0.2) is 0 Å². The third-order valence-corrected chi connectivity index (χ3v) is 5.82. The number of hydrogen-bond donors (Lipinski definition) is 0. The Hall–Kier alpha value is -2.62. The van der Waals surface area contributed by atoms with Crippen molar-refractivity contribution in [3.63, 3.8) is 0 Å². The number of benzene rings is 2. The zero-order valence-electron chi connectivity index (χ0n) is 16.2. The number of rotatable bonds is 2. The third-order valence-electron chi connectivity index (χ3n) is 5.82. The molecule has 4 rings (SSSR count). The van der Waals surface area contributed by atoms with E-state index in [1.807, 2.05) is 42.2 Å². The van der Waals surface area contributed by atoms with Crippen LogP contribution in [0.1, 0.15) is 42.1 Å². The Morgan fingerprint density at radius 2 is 1.93 bits per heavy atom. The number of aryl methyl sites for hydroxylation is 1. The van der Waals surface area contributed by atoms with Crippen LogP contribution in [0.25, 0.3) is 0 Å². The van der Waals surface area contributed by atoms with E-state index < -0.39 is 0 Å². The minimum absolute atomic E-state index is 0.0240. The van der Waals surface area contributed by atoms with E-state index in [2.05, 4.69) is 32.0 Å². The second kappa shape index (κ2) is 6.52. The molecule has 27 heavy (non-hydrogen) atoms. The van der Waals surface area contributed by atoms with Crippen molar-refractivity contribution in [3.05, 3.63) is 70.8 Å². The largest absolute Gasteiger partial charge is 0.331 e. The second-order valence-corrected chi connectivity index (χ2v) is 8.45. The maximum atomic E-state index is 12.9. The maximum Gasteiger partial charge on any atom is 0.242 e. The maximum absolute atomic E-state index is 12.9. The van der Waals surface area contributed by atoms with E-state index in [-0.39, 0.29) is 29.8 Å². The van der Waals surface area contributed by atoms with Crippen LogP contribution >= 0.6 is 0 Å². The highest BCUT2D eigenvalue weighted by Gasteiger charge is 2.43. The first kappa shape index (κ1) is 17.8. The van der Waals surface area contributed by atoms with Crippen LogP contribution < -0.4 is 0 Å². The predicted octanol–water partition coefficient (Wildman–Crippen LogP) is 3.24. The van der Waals surface area contributed by atoms with Gasteiger partial charge in [-0.2, -0.15) is 0 Å². The van der Waals surface area contributed by atoms with Crippen molar-refractivity contribution in [2.75, 3.05) is 19.6 Å². The van der Waals surface area contributed by atoms with Crippen molar-refractivity contribution in [2.45, 2.75) is 38.6 Å². The molecule has 0 bridgehead atoms. The van der Waals surface area contributed by atoms with Crippen LogP contribution in [0.2, 0.25) is 0 Å². The van der Waals surface area contributed by atoms with E-state index in [1.165, 1.54) is 11.1 Å². The van der Waals surface area contributed by atoms with Gasteiger partial charge in [-0.05, 0) is 23.6 Å². The summed E-state index contributed by atoms with van der Waals surface area (Å²) in [5, 5.41) is 0. The van der Waals surface area contributed by atoms with Gasteiger partial charge < -0.3 is 9.80 Å². The lowest BCUT2D eigenvalue weighted by molar-refractivity contribution is -0.150. The van der Waals surface area contributed by atoms with Crippen molar-refractivity contribution >= 4 is 11.8 Å². The van der Waals surface area contributed by atoms with Crippen LogP contribution in [-0.2, 0) is 21.4 Å². The molecule has 2 amide bonds. The lowest BCUT2D eigenvalue weighted by Gasteiger charge is -2.49. The summed E-state index contributed by atoms with van der Waals surface area (Å²) in [4.78, 5) is 29.5. The SMILES string of the molecule is Cc1cccc(CC(=O)N2CC(=O)N3CC(C)(C)c4ccccc4C3C2)c1. The number of carbonyl (C=O) groups is 2. The van der Waals surface area contributed by atoms with E-state index >= 15 is 0 Å². The Labute approximate surface area is 160 Å². The molecule has 0 radical (unpaired) electrons. The van der Waals surface area contributed by atoms with Crippen LogP contribution in [0.4, 0.5) is 0 Å². The van der Waals surface area contributed by atoms with Gasteiger partial charge in [0.05, 0.1) is 19.0 Å². The molecule has 0 saturated carbocycles. The van der Waals surface area contributed by atoms with E-state index in [9.17, 15) is 9.59 Å². The molecule has 1 fully saturated rings. The summed E-state index contributed by atoms with van der Waals surface area (Å²) in [6, 6.07) is 16.3. The van der Waals surface area contributed by atoms with E-state index in [0.717, 1.165) is 11.1 Å². The molecule has 2 aromatic carbocycles. The molecule has 0 N–H and O–H groups in total. The smallest absolute Gasteiger partial charge is 0.242 e. The molecular formula is C23H26N2O2. The van der Waals surface area contributed by atoms with Gasteiger partial charge in [-0.25, -0.2) is 0 Å². The Kier molecular flexibility index (Phi) is 4.29. The molecule has 1 unspecified atom stereocenters. The number of amides is 2. The van der Waals surface area contributed by atoms with Gasteiger partial charge in [0.2, 0.25) is 11.8 Å². The van der Waals surface area contributed by atoms with Crippen LogP contribution in [0.3, 0.4) is 0 Å². The van der Waals surface area contributed by atoms with Gasteiger partial charge in [-0.15, -0.1) is 0 Å². The fourth-order valence-corrected chi connectivity index (χ4v) is 4.48. The number of carbonyl (C=O) groups excluding carboxylic acids is 2. The molecule has 2 aliphatic rings. The average molecular weight is 362 g/mol. The van der Waals surface area contributed by atoms with Crippen LogP contribution in [-0.4, -0.2) is 41.2 Å². The third kappa shape index (κ3) is 3.25. The van der Waals surface area contributed by atoms with Crippen molar-refractivity contribution in [2.24, 2.45) is 0 Å². The molecule has 140 valence electrons. The van der Waals surface area contributed by atoms with Gasteiger partial charge in [-0.1, -0.05) is 67.9 Å². The van der Waals surface area contributed by atoms with Gasteiger partial charge in [-0.3, -0.25) is 9.59 Å². The highest BCUT2D eigenvalue weighted by Crippen LogP contribution is 2.41. The summed E-state index contributed by atoms with van der Waals surface area (Å²) < 4.78 is 0. The molecule has 4 nitrogen and oxygen atoms in total. The molecule has 1 atom stereocenters. The summed E-state index contributed by atoms with van der Waals surface area (Å²) in [6.45, 7) is 7.85. The Balaban J connectivity index is 1.60. The Morgan fingerprint density at radius 1 is 1.15 bits per heavy atom. The number of fused-ring (bicyclic) bond motifs is 3. The molecule has 0 aromatic heterocycles. The molecule has 2 aliphatic heterocycles. The van der Waals surface area contributed by atoms with Crippen LogP contribution in [0, 0.1) is 6.92 Å². The molecule has 1 saturated heterocycles. The molecule has 2 heterocycles. The normalized spacial score (nSPS) is 20.9. The Morgan fingerprint density at radius 3 is 2.70 bits per heavy atom. The van der Waals surface area contributed by atoms with Gasteiger partial charge in [0.25, 0.3) is 0 Å². The molecule has 2 aromatic rings. The van der Waals surface area contributed by atoms with Crippen LogP contribution in [0.5, 0.6) is 0 Å². The highest BCUT2D eigenvalue weighted by molar-refractivity contribution is 5.88. The molecule has 4 heteroatoms. The number of piperazine rings is 1. The summed E-state index contributed by atoms with van der Waals surface area (Å²) in [6.07, 6.45) is 0.342. The number of hydrogen-bond acceptors (Lipinski definition) is 2. The van der Waals surface area contributed by atoms with Gasteiger partial charge in [0.1, 0.15) is 0 Å². The van der Waals surface area contributed by atoms with Crippen molar-refractivity contribution < 1.29 is 9.59 Å². The predicted molar refractivity (Wildman–Crippen MR) is 105 cm³/mol. The van der Waals surface area contributed by atoms with Crippen LogP contribution in [0.15, 0.2) is 48.5 Å². The summed E-state index contributed by atoms with van der Waals surface area (Å²) in [7, 11) is 0. The first-order valence-corrected chi connectivity index (χ1v) is 9.57. The molecule has 0 spiro atoms. The second-order valence-electron chi connectivity index (χ2n) is 8.45. The van der Waals surface area contributed by atoms with Crippen molar-refractivity contribution in [1.82, 2.24) is 9.80 Å². The monoisotopic (exact) mass is 362 g/mol. The Bertz CT molecular complexity index is 903. The standard InChI is InChI=1S/C23H26N2O2/c1-16-7-6-8-17(11-16)12-21(26)24-13-20-18-9-4-5-10-19(18)23(2,3)15-25(20)22(27)14-24/h4-11,20H,12-15H2,1-3H3. The van der Waals surface area contributed by atoms with E-state index in [0.29, 0.717) is 19.5 Å². The minimum atomic E-state index is -0.0729. The fourth-order valence-electron chi connectivity index (χ4n) is 4.48. The van der Waals surface area contributed by atoms with Crippen molar-refractivity contribution in [3.8, 4) is 0 Å². The van der Waals surface area contributed by atoms with E-state index in [4.69, 9.17) is 0 Å². The summed E-state index contributed by atoms with van der Waals surface area (Å²) >= 11 is 0.